The Morgan fingerprint density at radius 2 is 1.00 bits per heavy atom. The van der Waals surface area contributed by atoms with Gasteiger partial charge in [0.15, 0.2) is 11.5 Å². The smallest absolute Gasteiger partial charge is 0.287 e. The van der Waals surface area contributed by atoms with Crippen LogP contribution in [-0.2, 0) is 24.8 Å². The third-order valence-electron chi connectivity index (χ3n) is 3.66. The molecule has 6 heteroatoms. The van der Waals surface area contributed by atoms with Crippen molar-refractivity contribution >= 4 is 11.9 Å². The summed E-state index contributed by atoms with van der Waals surface area (Å²) in [5, 5.41) is 0. The largest absolute Gasteiger partial charge is 0.352 e. The molecular formula is C19H20O6. The summed E-state index contributed by atoms with van der Waals surface area (Å²) < 4.78 is 0. The Hall–Kier alpha value is -3.02. The first kappa shape index (κ1) is 18.3. The van der Waals surface area contributed by atoms with E-state index in [1.165, 1.54) is 13.8 Å². The number of benzene rings is 2. The lowest BCUT2D eigenvalue weighted by molar-refractivity contribution is -0.211. The fourth-order valence-corrected chi connectivity index (χ4v) is 2.23. The molecule has 0 saturated carbocycles. The van der Waals surface area contributed by atoms with Crippen molar-refractivity contribution in [3.63, 3.8) is 0 Å². The molecule has 0 bridgehead atoms. The zero-order valence-electron chi connectivity index (χ0n) is 14.6. The van der Waals surface area contributed by atoms with E-state index in [-0.39, 0.29) is 5.41 Å². The molecule has 0 saturated heterocycles. The maximum absolute atomic E-state index is 10.8. The Morgan fingerprint density at radius 3 is 1.28 bits per heavy atom. The maximum Gasteiger partial charge on any atom is 0.352 e. The summed E-state index contributed by atoms with van der Waals surface area (Å²) in [4.78, 5) is 40.3. The minimum absolute atomic E-state index is 0.278. The van der Waals surface area contributed by atoms with Crippen LogP contribution in [-0.4, -0.2) is 11.9 Å². The van der Waals surface area contributed by atoms with Gasteiger partial charge in [-0.1, -0.05) is 38.1 Å². The van der Waals surface area contributed by atoms with Gasteiger partial charge in [0.1, 0.15) is 0 Å². The lowest BCUT2D eigenvalue weighted by atomic mass is 9.78. The fourth-order valence-electron chi connectivity index (χ4n) is 2.23. The minimum Gasteiger partial charge on any atom is -0.287 e. The van der Waals surface area contributed by atoms with E-state index >= 15 is 0 Å². The van der Waals surface area contributed by atoms with Crippen LogP contribution in [0.5, 0.6) is 11.5 Å². The Balaban J connectivity index is 2.11. The van der Waals surface area contributed by atoms with E-state index in [2.05, 4.69) is 23.6 Å². The molecule has 0 spiro atoms. The van der Waals surface area contributed by atoms with Gasteiger partial charge in [0.05, 0.1) is 0 Å². The number of rotatable bonds is 6. The zero-order chi connectivity index (χ0) is 18.4. The van der Waals surface area contributed by atoms with Crippen LogP contribution in [0.4, 0.5) is 0 Å². The van der Waals surface area contributed by atoms with Gasteiger partial charge in [-0.25, -0.2) is 9.59 Å². The molecule has 25 heavy (non-hydrogen) atoms. The molecule has 0 aliphatic rings. The van der Waals surface area contributed by atoms with Crippen LogP contribution in [0, 0.1) is 0 Å². The second-order valence-corrected chi connectivity index (χ2v) is 5.99. The molecule has 2 aromatic carbocycles. The van der Waals surface area contributed by atoms with Crippen LogP contribution in [0.2, 0.25) is 0 Å². The van der Waals surface area contributed by atoms with Gasteiger partial charge in [-0.3, -0.25) is 19.6 Å². The standard InChI is InChI=1S/C19H20O6/c1-13(20)22-24-17-9-5-15(6-10-17)19(3,4)16-7-11-18(12-8-16)25-23-14(2)21/h5-12H,1-4H3. The van der Waals surface area contributed by atoms with Crippen molar-refractivity contribution < 1.29 is 29.1 Å². The molecule has 0 amide bonds. The van der Waals surface area contributed by atoms with Crippen molar-refractivity contribution in [3.05, 3.63) is 59.7 Å². The van der Waals surface area contributed by atoms with Gasteiger partial charge in [0.2, 0.25) is 0 Å². The Morgan fingerprint density at radius 1 is 0.680 bits per heavy atom. The minimum atomic E-state index is -0.513. The SMILES string of the molecule is CC(=O)OOc1ccc(C(C)(C)c2ccc(OOC(C)=O)cc2)cc1. The van der Waals surface area contributed by atoms with Gasteiger partial charge in [-0.15, -0.1) is 0 Å². The van der Waals surface area contributed by atoms with E-state index < -0.39 is 11.9 Å². The van der Waals surface area contributed by atoms with Crippen molar-refractivity contribution in [1.82, 2.24) is 0 Å². The first-order valence-electron chi connectivity index (χ1n) is 7.70. The maximum atomic E-state index is 10.8. The molecule has 2 rings (SSSR count). The number of hydrogen-bond acceptors (Lipinski definition) is 6. The average molecular weight is 344 g/mol. The molecule has 0 aromatic heterocycles. The van der Waals surface area contributed by atoms with E-state index in [9.17, 15) is 9.59 Å². The lowest BCUT2D eigenvalue weighted by Crippen LogP contribution is -2.18. The van der Waals surface area contributed by atoms with Crippen LogP contribution in [0.1, 0.15) is 38.8 Å². The van der Waals surface area contributed by atoms with Crippen LogP contribution >= 0.6 is 0 Å². The monoisotopic (exact) mass is 344 g/mol. The Kier molecular flexibility index (Phi) is 5.64. The molecule has 0 fully saturated rings. The van der Waals surface area contributed by atoms with E-state index in [0.29, 0.717) is 11.5 Å². The zero-order valence-corrected chi connectivity index (χ0v) is 14.6. The number of carbonyl (C=O) groups is 2. The van der Waals surface area contributed by atoms with Crippen molar-refractivity contribution in [3.8, 4) is 11.5 Å². The van der Waals surface area contributed by atoms with Gasteiger partial charge in [-0.2, -0.15) is 0 Å². The highest BCUT2D eigenvalue weighted by Gasteiger charge is 2.23. The van der Waals surface area contributed by atoms with Crippen LogP contribution in [0.15, 0.2) is 48.5 Å². The molecule has 0 atom stereocenters. The fraction of sp³-hybridized carbons (Fsp3) is 0.263. The third-order valence-corrected chi connectivity index (χ3v) is 3.66. The van der Waals surface area contributed by atoms with Crippen LogP contribution < -0.4 is 9.78 Å². The second kappa shape index (κ2) is 7.70. The number of carbonyl (C=O) groups excluding carboxylic acids is 2. The van der Waals surface area contributed by atoms with Gasteiger partial charge < -0.3 is 0 Å². The average Bonchev–Trinajstić information content (AvgIpc) is 2.59. The van der Waals surface area contributed by atoms with Crippen molar-refractivity contribution in [1.29, 1.82) is 0 Å². The molecule has 0 radical (unpaired) electrons. The van der Waals surface area contributed by atoms with E-state index in [0.717, 1.165) is 11.1 Å². The van der Waals surface area contributed by atoms with E-state index in [4.69, 9.17) is 9.78 Å². The molecule has 0 aliphatic carbocycles. The highest BCUT2D eigenvalue weighted by atomic mass is 17.2. The molecule has 132 valence electrons. The Labute approximate surface area is 146 Å². The summed E-state index contributed by atoms with van der Waals surface area (Å²) in [7, 11) is 0. The predicted octanol–water partition coefficient (Wildman–Crippen LogP) is 3.73. The molecule has 0 unspecified atom stereocenters. The molecule has 6 nitrogen and oxygen atoms in total. The van der Waals surface area contributed by atoms with Gasteiger partial charge in [-0.05, 0) is 35.4 Å². The second-order valence-electron chi connectivity index (χ2n) is 5.99. The molecule has 2 aromatic rings. The van der Waals surface area contributed by atoms with Gasteiger partial charge in [0, 0.05) is 19.3 Å². The summed E-state index contributed by atoms with van der Waals surface area (Å²) in [5.41, 5.74) is 1.83. The molecular weight excluding hydrogens is 324 g/mol. The number of hydrogen-bond donors (Lipinski definition) is 0. The summed E-state index contributed by atoms with van der Waals surface area (Å²) >= 11 is 0. The summed E-state index contributed by atoms with van der Waals surface area (Å²) in [6.07, 6.45) is 0. The molecule has 0 heterocycles. The summed E-state index contributed by atoms with van der Waals surface area (Å²) in [6.45, 7) is 6.70. The quantitative estimate of drug-likeness (QED) is 0.587. The van der Waals surface area contributed by atoms with Crippen LogP contribution in [0.25, 0.3) is 0 Å². The summed E-state index contributed by atoms with van der Waals surface area (Å²) in [5.74, 6) is -0.138. The highest BCUT2D eigenvalue weighted by molar-refractivity contribution is 5.65. The van der Waals surface area contributed by atoms with E-state index in [1.807, 2.05) is 24.3 Å². The van der Waals surface area contributed by atoms with Crippen molar-refractivity contribution in [2.75, 3.05) is 0 Å². The van der Waals surface area contributed by atoms with E-state index in [1.54, 1.807) is 24.3 Å². The predicted molar refractivity (Wildman–Crippen MR) is 89.8 cm³/mol. The summed E-state index contributed by atoms with van der Waals surface area (Å²) in [6, 6.07) is 14.6. The van der Waals surface area contributed by atoms with Gasteiger partial charge >= 0.3 is 11.9 Å². The highest BCUT2D eigenvalue weighted by Crippen LogP contribution is 2.33. The van der Waals surface area contributed by atoms with Crippen molar-refractivity contribution in [2.45, 2.75) is 33.1 Å². The Bertz CT molecular complexity index is 668. The van der Waals surface area contributed by atoms with Crippen LogP contribution in [0.3, 0.4) is 0 Å². The lowest BCUT2D eigenvalue weighted by Gasteiger charge is -2.26. The normalized spacial score (nSPS) is 10.7. The molecule has 0 aliphatic heterocycles. The third kappa shape index (κ3) is 4.97. The van der Waals surface area contributed by atoms with Gasteiger partial charge in [0.25, 0.3) is 0 Å². The van der Waals surface area contributed by atoms with Crippen molar-refractivity contribution in [2.24, 2.45) is 0 Å². The first-order chi connectivity index (χ1) is 11.8. The topological polar surface area (TPSA) is 71.1 Å². The first-order valence-corrected chi connectivity index (χ1v) is 7.70. The molecule has 0 N–H and O–H groups in total.